The summed E-state index contributed by atoms with van der Waals surface area (Å²) < 4.78 is 4.72. The Labute approximate surface area is 79.2 Å². The van der Waals surface area contributed by atoms with Gasteiger partial charge in [-0.15, -0.1) is 0 Å². The SMILES string of the molecule is C1COC1.Cc1cccc(O)c1C. The topological polar surface area (TPSA) is 29.5 Å². The fraction of sp³-hybridized carbons (Fsp3) is 0.455. The van der Waals surface area contributed by atoms with Gasteiger partial charge in [-0.05, 0) is 37.5 Å². The van der Waals surface area contributed by atoms with E-state index in [1.54, 1.807) is 6.07 Å². The fourth-order valence-corrected chi connectivity index (χ4v) is 0.880. The standard InChI is InChI=1S/C8H10O.C3H6O/c1-6-4-3-5-8(9)7(6)2;1-2-4-3-1/h3-5,9H,1-2H3;1-3H2. The highest BCUT2D eigenvalue weighted by molar-refractivity contribution is 5.36. The first-order valence-corrected chi connectivity index (χ1v) is 4.54. The van der Waals surface area contributed by atoms with E-state index < -0.39 is 0 Å². The van der Waals surface area contributed by atoms with Crippen molar-refractivity contribution in [2.24, 2.45) is 0 Å². The lowest BCUT2D eigenvalue weighted by atomic mass is 10.1. The summed E-state index contributed by atoms with van der Waals surface area (Å²) in [6.07, 6.45) is 1.28. The Morgan fingerprint density at radius 2 is 1.77 bits per heavy atom. The van der Waals surface area contributed by atoms with Crippen molar-refractivity contribution < 1.29 is 9.84 Å². The lowest BCUT2D eigenvalue weighted by Crippen LogP contribution is -2.09. The van der Waals surface area contributed by atoms with E-state index in [9.17, 15) is 0 Å². The van der Waals surface area contributed by atoms with E-state index in [2.05, 4.69) is 0 Å². The van der Waals surface area contributed by atoms with Gasteiger partial charge in [0.25, 0.3) is 0 Å². The molecule has 1 aromatic carbocycles. The van der Waals surface area contributed by atoms with E-state index in [1.165, 1.54) is 6.42 Å². The quantitative estimate of drug-likeness (QED) is 0.664. The molecule has 1 saturated heterocycles. The molecule has 0 radical (unpaired) electrons. The summed E-state index contributed by atoms with van der Waals surface area (Å²) in [5, 5.41) is 9.10. The zero-order chi connectivity index (χ0) is 9.68. The Bertz CT molecular complexity index is 241. The monoisotopic (exact) mass is 180 g/mol. The zero-order valence-corrected chi connectivity index (χ0v) is 8.21. The third-order valence-corrected chi connectivity index (χ3v) is 2.15. The predicted octanol–water partition coefficient (Wildman–Crippen LogP) is 2.42. The molecule has 0 aliphatic carbocycles. The molecule has 1 aliphatic heterocycles. The molecule has 2 rings (SSSR count). The van der Waals surface area contributed by atoms with Crippen molar-refractivity contribution >= 4 is 0 Å². The molecular weight excluding hydrogens is 164 g/mol. The van der Waals surface area contributed by atoms with Crippen LogP contribution in [0.25, 0.3) is 0 Å². The minimum absolute atomic E-state index is 0.384. The molecule has 0 spiro atoms. The molecule has 1 N–H and O–H groups in total. The minimum atomic E-state index is 0.384. The molecule has 0 atom stereocenters. The number of aromatic hydroxyl groups is 1. The molecule has 0 amide bonds. The van der Waals surface area contributed by atoms with E-state index in [-0.39, 0.29) is 0 Å². The molecular formula is C11H16O2. The number of hydrogen-bond acceptors (Lipinski definition) is 2. The highest BCUT2D eigenvalue weighted by Crippen LogP contribution is 2.17. The molecule has 2 heteroatoms. The maximum atomic E-state index is 9.10. The number of phenols is 1. The van der Waals surface area contributed by atoms with Gasteiger partial charge < -0.3 is 9.84 Å². The smallest absolute Gasteiger partial charge is 0.118 e. The fourth-order valence-electron chi connectivity index (χ4n) is 0.880. The molecule has 0 bridgehead atoms. The molecule has 1 fully saturated rings. The van der Waals surface area contributed by atoms with Gasteiger partial charge in [0.15, 0.2) is 0 Å². The van der Waals surface area contributed by atoms with Crippen LogP contribution in [0.4, 0.5) is 0 Å². The van der Waals surface area contributed by atoms with Gasteiger partial charge >= 0.3 is 0 Å². The van der Waals surface area contributed by atoms with Gasteiger partial charge in [-0.2, -0.15) is 0 Å². The second-order valence-corrected chi connectivity index (χ2v) is 3.18. The summed E-state index contributed by atoms with van der Waals surface area (Å²) >= 11 is 0. The van der Waals surface area contributed by atoms with Crippen LogP contribution >= 0.6 is 0 Å². The number of aryl methyl sites for hydroxylation is 1. The first-order chi connectivity index (χ1) is 6.22. The van der Waals surface area contributed by atoms with Gasteiger partial charge in [-0.3, -0.25) is 0 Å². The molecule has 2 nitrogen and oxygen atoms in total. The summed E-state index contributed by atoms with van der Waals surface area (Å²) in [7, 11) is 0. The van der Waals surface area contributed by atoms with Gasteiger partial charge in [-0.25, -0.2) is 0 Å². The van der Waals surface area contributed by atoms with Crippen molar-refractivity contribution in [2.75, 3.05) is 13.2 Å². The molecule has 1 aliphatic rings. The minimum Gasteiger partial charge on any atom is -0.508 e. The number of ether oxygens (including phenoxy) is 1. The van der Waals surface area contributed by atoms with Crippen LogP contribution in [-0.2, 0) is 4.74 Å². The van der Waals surface area contributed by atoms with Crippen molar-refractivity contribution in [3.63, 3.8) is 0 Å². The van der Waals surface area contributed by atoms with Gasteiger partial charge in [0, 0.05) is 13.2 Å². The number of benzene rings is 1. The Morgan fingerprint density at radius 1 is 1.23 bits per heavy atom. The van der Waals surface area contributed by atoms with Gasteiger partial charge in [0.05, 0.1) is 0 Å². The third kappa shape index (κ3) is 3.07. The second-order valence-electron chi connectivity index (χ2n) is 3.18. The number of rotatable bonds is 0. The summed E-state index contributed by atoms with van der Waals surface area (Å²) in [5.74, 6) is 0.384. The molecule has 0 aromatic heterocycles. The van der Waals surface area contributed by atoms with Crippen LogP contribution in [0.1, 0.15) is 17.5 Å². The maximum absolute atomic E-state index is 9.10. The average molecular weight is 180 g/mol. The Balaban J connectivity index is 0.000000175. The number of hydrogen-bond donors (Lipinski definition) is 1. The molecule has 0 saturated carbocycles. The third-order valence-electron chi connectivity index (χ3n) is 2.15. The van der Waals surface area contributed by atoms with Crippen LogP contribution in [0.2, 0.25) is 0 Å². The van der Waals surface area contributed by atoms with Crippen LogP contribution in [0.15, 0.2) is 18.2 Å². The van der Waals surface area contributed by atoms with E-state index in [0.29, 0.717) is 5.75 Å². The Kier molecular flexibility index (Phi) is 3.77. The zero-order valence-electron chi connectivity index (χ0n) is 8.21. The highest BCUT2D eigenvalue weighted by atomic mass is 16.5. The van der Waals surface area contributed by atoms with Gasteiger partial charge in [-0.1, -0.05) is 12.1 Å². The molecule has 1 heterocycles. The van der Waals surface area contributed by atoms with Crippen molar-refractivity contribution in [1.29, 1.82) is 0 Å². The maximum Gasteiger partial charge on any atom is 0.118 e. The second kappa shape index (κ2) is 4.87. The van der Waals surface area contributed by atoms with Crippen molar-refractivity contribution in [2.45, 2.75) is 20.3 Å². The summed E-state index contributed by atoms with van der Waals surface area (Å²) in [6.45, 7) is 5.89. The first kappa shape index (κ1) is 10.1. The van der Waals surface area contributed by atoms with Crippen molar-refractivity contribution in [3.05, 3.63) is 29.3 Å². The van der Waals surface area contributed by atoms with Crippen LogP contribution in [-0.4, -0.2) is 18.3 Å². The van der Waals surface area contributed by atoms with Crippen molar-refractivity contribution in [1.82, 2.24) is 0 Å². The predicted molar refractivity (Wildman–Crippen MR) is 53.0 cm³/mol. The molecule has 1 aromatic rings. The van der Waals surface area contributed by atoms with E-state index >= 15 is 0 Å². The normalized spacial score (nSPS) is 14.0. The molecule has 13 heavy (non-hydrogen) atoms. The van der Waals surface area contributed by atoms with Gasteiger partial charge in [0.1, 0.15) is 5.75 Å². The Morgan fingerprint density at radius 3 is 2.08 bits per heavy atom. The van der Waals surface area contributed by atoms with Crippen molar-refractivity contribution in [3.8, 4) is 5.75 Å². The average Bonchev–Trinajstić information content (AvgIpc) is 1.97. The van der Waals surface area contributed by atoms with E-state index in [0.717, 1.165) is 24.3 Å². The van der Waals surface area contributed by atoms with E-state index in [4.69, 9.17) is 9.84 Å². The number of phenolic OH excluding ortho intramolecular Hbond substituents is 1. The first-order valence-electron chi connectivity index (χ1n) is 4.54. The van der Waals surface area contributed by atoms with Crippen LogP contribution in [0.5, 0.6) is 5.75 Å². The molecule has 0 unspecified atom stereocenters. The lowest BCUT2D eigenvalue weighted by Gasteiger charge is -2.09. The largest absolute Gasteiger partial charge is 0.508 e. The highest BCUT2D eigenvalue weighted by Gasteiger charge is 1.95. The summed E-state index contributed by atoms with van der Waals surface area (Å²) in [6, 6.07) is 5.52. The van der Waals surface area contributed by atoms with Crippen LogP contribution in [0.3, 0.4) is 0 Å². The molecule has 72 valence electrons. The lowest BCUT2D eigenvalue weighted by molar-refractivity contribution is 0.0367. The Hall–Kier alpha value is -1.02. The summed E-state index contributed by atoms with van der Waals surface area (Å²) in [5.41, 5.74) is 2.10. The summed E-state index contributed by atoms with van der Waals surface area (Å²) in [4.78, 5) is 0. The van der Waals surface area contributed by atoms with Gasteiger partial charge in [0.2, 0.25) is 0 Å². The van der Waals surface area contributed by atoms with Crippen LogP contribution < -0.4 is 0 Å². The van der Waals surface area contributed by atoms with Crippen LogP contribution in [0, 0.1) is 13.8 Å². The van der Waals surface area contributed by atoms with E-state index in [1.807, 2.05) is 26.0 Å².